The van der Waals surface area contributed by atoms with Crippen LogP contribution < -0.4 is 10.6 Å². The first-order valence-corrected chi connectivity index (χ1v) is 9.06. The molecule has 0 aromatic carbocycles. The van der Waals surface area contributed by atoms with Gasteiger partial charge >= 0.3 is 0 Å². The molecule has 0 saturated carbocycles. The quantitative estimate of drug-likeness (QED) is 0.188. The van der Waals surface area contributed by atoms with Gasteiger partial charge in [0.1, 0.15) is 24.4 Å². The highest BCUT2D eigenvalue weighted by molar-refractivity contribution is 6.13. The van der Waals surface area contributed by atoms with Crippen LogP contribution in [0.25, 0.3) is 0 Å². The van der Waals surface area contributed by atoms with Crippen LogP contribution in [-0.2, 0) is 28.7 Å². The van der Waals surface area contributed by atoms with Gasteiger partial charge in [0, 0.05) is 38.6 Å². The van der Waals surface area contributed by atoms with Gasteiger partial charge in [-0.15, -0.1) is 0 Å². The van der Waals surface area contributed by atoms with Crippen LogP contribution in [0.3, 0.4) is 0 Å². The fraction of sp³-hybridized carbons (Fsp3) is 0.647. The van der Waals surface area contributed by atoms with Gasteiger partial charge in [-0.1, -0.05) is 0 Å². The Balaban J connectivity index is 1.76. The lowest BCUT2D eigenvalue weighted by Gasteiger charge is -2.42. The summed E-state index contributed by atoms with van der Waals surface area (Å²) < 4.78 is 10.8. The van der Waals surface area contributed by atoms with Crippen molar-refractivity contribution in [2.24, 2.45) is 0 Å². The maximum Gasteiger partial charge on any atom is 0.253 e. The molecule has 12 heteroatoms. The zero-order chi connectivity index (χ0) is 21.6. The highest BCUT2D eigenvalue weighted by Crippen LogP contribution is 2.22. The van der Waals surface area contributed by atoms with Crippen LogP contribution in [-0.4, -0.2) is 101 Å². The number of ether oxygens (including phenoxy) is 2. The van der Waals surface area contributed by atoms with Crippen LogP contribution in [0, 0.1) is 0 Å². The van der Waals surface area contributed by atoms with Crippen molar-refractivity contribution in [2.75, 3.05) is 26.3 Å². The van der Waals surface area contributed by atoms with E-state index in [1.807, 2.05) is 0 Å². The van der Waals surface area contributed by atoms with E-state index in [9.17, 15) is 34.5 Å². The molecule has 2 rings (SSSR count). The largest absolute Gasteiger partial charge is 0.394 e. The highest BCUT2D eigenvalue weighted by atomic mass is 16.7. The molecule has 162 valence electrons. The third-order valence-corrected chi connectivity index (χ3v) is 4.42. The second kappa shape index (κ2) is 10.4. The zero-order valence-corrected chi connectivity index (χ0v) is 15.8. The minimum Gasteiger partial charge on any atom is -0.394 e. The summed E-state index contributed by atoms with van der Waals surface area (Å²) in [5.74, 6) is -1.82. The Hall–Kier alpha value is -2.38. The first-order valence-electron chi connectivity index (χ1n) is 9.06. The molecule has 0 bridgehead atoms. The standard InChI is InChI=1S/C17H25N3O9/c1-9(22)19-14-16(27)15(26)10(8-21)29-17(14)28-7-5-18-11(23)4-6-20-12(24)2-3-13(20)25/h2-3,10,14-17,21,26-27H,4-8H2,1H3,(H,18,23)(H,19,22). The molecule has 5 atom stereocenters. The zero-order valence-electron chi connectivity index (χ0n) is 15.8. The van der Waals surface area contributed by atoms with E-state index < -0.39 is 60.9 Å². The molecule has 1 saturated heterocycles. The number of amides is 4. The molecule has 1 fully saturated rings. The summed E-state index contributed by atoms with van der Waals surface area (Å²) in [4.78, 5) is 46.9. The average molecular weight is 415 g/mol. The first-order chi connectivity index (χ1) is 13.7. The number of carbonyl (C=O) groups is 4. The molecule has 5 unspecified atom stereocenters. The lowest BCUT2D eigenvalue weighted by atomic mass is 9.97. The molecule has 0 aromatic heterocycles. The second-order valence-corrected chi connectivity index (χ2v) is 6.57. The number of carbonyl (C=O) groups excluding carboxylic acids is 4. The molecule has 29 heavy (non-hydrogen) atoms. The second-order valence-electron chi connectivity index (χ2n) is 6.57. The van der Waals surface area contributed by atoms with Gasteiger partial charge in [0.2, 0.25) is 11.8 Å². The van der Waals surface area contributed by atoms with Gasteiger partial charge in [-0.05, 0) is 0 Å². The Morgan fingerprint density at radius 1 is 1.21 bits per heavy atom. The Morgan fingerprint density at radius 2 is 1.86 bits per heavy atom. The molecule has 2 heterocycles. The van der Waals surface area contributed by atoms with Crippen LogP contribution in [0.2, 0.25) is 0 Å². The number of nitrogens with one attached hydrogen (secondary N) is 2. The summed E-state index contributed by atoms with van der Waals surface area (Å²) in [7, 11) is 0. The lowest BCUT2D eigenvalue weighted by molar-refractivity contribution is -0.269. The van der Waals surface area contributed by atoms with Crippen LogP contribution in [0.4, 0.5) is 0 Å². The Labute approximate surface area is 166 Å². The molecule has 0 spiro atoms. The molecule has 0 aliphatic carbocycles. The Morgan fingerprint density at radius 3 is 2.45 bits per heavy atom. The van der Waals surface area contributed by atoms with Crippen LogP contribution in [0.15, 0.2) is 12.2 Å². The Kier molecular flexibility index (Phi) is 8.22. The summed E-state index contributed by atoms with van der Waals surface area (Å²) in [6.45, 7) is 0.602. The van der Waals surface area contributed by atoms with Gasteiger partial charge in [-0.25, -0.2) is 0 Å². The van der Waals surface area contributed by atoms with Crippen molar-refractivity contribution in [3.63, 3.8) is 0 Å². The van der Waals surface area contributed by atoms with Gasteiger partial charge in [-0.3, -0.25) is 24.1 Å². The fourth-order valence-corrected chi connectivity index (χ4v) is 2.93. The Bertz CT molecular complexity index is 651. The highest BCUT2D eigenvalue weighted by Gasteiger charge is 2.45. The predicted molar refractivity (Wildman–Crippen MR) is 94.8 cm³/mol. The van der Waals surface area contributed by atoms with Crippen LogP contribution >= 0.6 is 0 Å². The van der Waals surface area contributed by atoms with Crippen molar-refractivity contribution in [3.8, 4) is 0 Å². The normalized spacial score (nSPS) is 29.2. The number of aliphatic hydroxyl groups excluding tert-OH is 3. The van der Waals surface area contributed by atoms with E-state index in [0.717, 1.165) is 17.1 Å². The monoisotopic (exact) mass is 415 g/mol. The van der Waals surface area contributed by atoms with Crippen molar-refractivity contribution < 1.29 is 44.0 Å². The fourth-order valence-electron chi connectivity index (χ4n) is 2.93. The summed E-state index contributed by atoms with van der Waals surface area (Å²) in [5.41, 5.74) is 0. The molecular formula is C17H25N3O9. The molecule has 4 amide bonds. The van der Waals surface area contributed by atoms with Gasteiger partial charge in [0.25, 0.3) is 11.8 Å². The minimum atomic E-state index is -1.42. The van der Waals surface area contributed by atoms with Crippen molar-refractivity contribution in [1.82, 2.24) is 15.5 Å². The summed E-state index contributed by atoms with van der Waals surface area (Å²) in [6, 6.07) is -1.07. The van der Waals surface area contributed by atoms with E-state index in [0.29, 0.717) is 0 Å². The third kappa shape index (κ3) is 6.05. The van der Waals surface area contributed by atoms with Gasteiger partial charge < -0.3 is 35.4 Å². The van der Waals surface area contributed by atoms with E-state index in [1.54, 1.807) is 0 Å². The minimum absolute atomic E-state index is 0.0457. The average Bonchev–Trinajstić information content (AvgIpc) is 2.99. The summed E-state index contributed by atoms with van der Waals surface area (Å²) in [6.07, 6.45) is -2.90. The van der Waals surface area contributed by atoms with Crippen molar-refractivity contribution >= 4 is 23.6 Å². The molecule has 0 aromatic rings. The molecule has 2 aliphatic rings. The predicted octanol–water partition coefficient (Wildman–Crippen LogP) is -3.62. The molecular weight excluding hydrogens is 390 g/mol. The summed E-state index contributed by atoms with van der Waals surface area (Å²) >= 11 is 0. The first kappa shape index (κ1) is 22.9. The van der Waals surface area contributed by atoms with Crippen molar-refractivity contribution in [3.05, 3.63) is 12.2 Å². The lowest BCUT2D eigenvalue weighted by Crippen LogP contribution is -2.64. The number of aliphatic hydroxyl groups is 3. The molecule has 12 nitrogen and oxygen atoms in total. The smallest absolute Gasteiger partial charge is 0.253 e. The van der Waals surface area contributed by atoms with Crippen LogP contribution in [0.5, 0.6) is 0 Å². The molecule has 0 radical (unpaired) electrons. The third-order valence-electron chi connectivity index (χ3n) is 4.42. The SMILES string of the molecule is CC(=O)NC1C(OCCNC(=O)CCN2C(=O)C=CC2=O)OC(CO)C(O)C1O. The van der Waals surface area contributed by atoms with Gasteiger partial charge in [0.15, 0.2) is 6.29 Å². The number of hydrogen-bond acceptors (Lipinski definition) is 9. The van der Waals surface area contributed by atoms with Crippen molar-refractivity contribution in [2.45, 2.75) is 44.0 Å². The van der Waals surface area contributed by atoms with Crippen molar-refractivity contribution in [1.29, 1.82) is 0 Å². The van der Waals surface area contributed by atoms with E-state index in [2.05, 4.69) is 10.6 Å². The number of imide groups is 1. The summed E-state index contributed by atoms with van der Waals surface area (Å²) in [5, 5.41) is 34.3. The van der Waals surface area contributed by atoms with E-state index in [1.165, 1.54) is 6.92 Å². The molecule has 2 aliphatic heterocycles. The maximum absolute atomic E-state index is 11.8. The number of rotatable bonds is 9. The maximum atomic E-state index is 11.8. The number of nitrogens with zero attached hydrogens (tertiary/aromatic N) is 1. The van der Waals surface area contributed by atoms with Gasteiger partial charge in [-0.2, -0.15) is 0 Å². The van der Waals surface area contributed by atoms with Gasteiger partial charge in [0.05, 0.1) is 13.2 Å². The topological polar surface area (TPSA) is 175 Å². The molecule has 5 N–H and O–H groups in total. The number of hydrogen-bond donors (Lipinski definition) is 5. The van der Waals surface area contributed by atoms with E-state index in [4.69, 9.17) is 9.47 Å². The van der Waals surface area contributed by atoms with E-state index >= 15 is 0 Å². The van der Waals surface area contributed by atoms with E-state index in [-0.39, 0.29) is 26.1 Å². The van der Waals surface area contributed by atoms with Crippen LogP contribution in [0.1, 0.15) is 13.3 Å².